The molecule has 128 valence electrons. The summed E-state index contributed by atoms with van der Waals surface area (Å²) in [5, 5.41) is 4.00. The lowest BCUT2D eigenvalue weighted by molar-refractivity contribution is -0.141. The Morgan fingerprint density at radius 3 is 2.52 bits per heavy atom. The fourth-order valence-electron chi connectivity index (χ4n) is 3.14. The number of rotatable bonds is 4. The van der Waals surface area contributed by atoms with Gasteiger partial charge in [-0.3, -0.25) is 9.69 Å². The lowest BCUT2D eigenvalue weighted by Crippen LogP contribution is -2.46. The van der Waals surface area contributed by atoms with Crippen LogP contribution in [0.2, 0.25) is 0 Å². The maximum Gasteiger partial charge on any atom is 0.240 e. The van der Waals surface area contributed by atoms with Crippen LogP contribution in [0.5, 0.6) is 0 Å². The molecule has 0 radical (unpaired) electrons. The first-order chi connectivity index (χ1) is 11.1. The summed E-state index contributed by atoms with van der Waals surface area (Å²) in [6, 6.07) is 0. The fraction of sp³-hybridized carbons (Fsp3) is 0.812. The molecule has 0 aromatic carbocycles. The van der Waals surface area contributed by atoms with Gasteiger partial charge in [-0.15, -0.1) is 0 Å². The standard InChI is InChI=1S/C16H26N4O3/c1-12(2)15-17-14(23-18-15)11-19-5-3-13(4-6-19)16(21)20-7-9-22-10-8-20/h12-13H,3-11H2,1-2H3. The second-order valence-electron chi connectivity index (χ2n) is 6.69. The van der Waals surface area contributed by atoms with Crippen LogP contribution in [0.1, 0.15) is 44.3 Å². The summed E-state index contributed by atoms with van der Waals surface area (Å²) in [5.41, 5.74) is 0. The van der Waals surface area contributed by atoms with Gasteiger partial charge in [0.15, 0.2) is 5.82 Å². The van der Waals surface area contributed by atoms with Crippen LogP contribution in [0.4, 0.5) is 0 Å². The second kappa shape index (κ2) is 7.40. The van der Waals surface area contributed by atoms with Gasteiger partial charge in [0.2, 0.25) is 11.8 Å². The number of hydrogen-bond acceptors (Lipinski definition) is 6. The minimum absolute atomic E-state index is 0.151. The van der Waals surface area contributed by atoms with Gasteiger partial charge in [-0.2, -0.15) is 4.98 Å². The van der Waals surface area contributed by atoms with Gasteiger partial charge < -0.3 is 14.2 Å². The number of carbonyl (C=O) groups is 1. The van der Waals surface area contributed by atoms with E-state index in [0.29, 0.717) is 31.6 Å². The molecule has 0 spiro atoms. The number of morpholine rings is 1. The molecule has 3 heterocycles. The maximum atomic E-state index is 12.5. The number of nitrogens with zero attached hydrogens (tertiary/aromatic N) is 4. The van der Waals surface area contributed by atoms with Gasteiger partial charge in [-0.05, 0) is 25.9 Å². The highest BCUT2D eigenvalue weighted by Crippen LogP contribution is 2.21. The molecule has 23 heavy (non-hydrogen) atoms. The first-order valence-electron chi connectivity index (χ1n) is 8.55. The van der Waals surface area contributed by atoms with E-state index in [2.05, 4.69) is 28.9 Å². The monoisotopic (exact) mass is 322 g/mol. The molecule has 0 bridgehead atoms. The van der Waals surface area contributed by atoms with Crippen molar-refractivity contribution in [1.29, 1.82) is 0 Å². The van der Waals surface area contributed by atoms with E-state index in [1.165, 1.54) is 0 Å². The zero-order chi connectivity index (χ0) is 16.2. The van der Waals surface area contributed by atoms with Crippen LogP contribution in [0, 0.1) is 5.92 Å². The Kier molecular flexibility index (Phi) is 5.27. The Morgan fingerprint density at radius 1 is 1.22 bits per heavy atom. The molecule has 2 saturated heterocycles. The predicted molar refractivity (Wildman–Crippen MR) is 83.8 cm³/mol. The molecular weight excluding hydrogens is 296 g/mol. The molecule has 0 aliphatic carbocycles. The summed E-state index contributed by atoms with van der Waals surface area (Å²) >= 11 is 0. The van der Waals surface area contributed by atoms with Crippen LogP contribution < -0.4 is 0 Å². The van der Waals surface area contributed by atoms with Crippen molar-refractivity contribution in [3.8, 4) is 0 Å². The van der Waals surface area contributed by atoms with E-state index in [-0.39, 0.29) is 11.8 Å². The van der Waals surface area contributed by atoms with Crippen LogP contribution in [-0.2, 0) is 16.1 Å². The van der Waals surface area contributed by atoms with Crippen molar-refractivity contribution < 1.29 is 14.1 Å². The third-order valence-electron chi connectivity index (χ3n) is 4.62. The summed E-state index contributed by atoms with van der Waals surface area (Å²) in [4.78, 5) is 21.2. The number of aromatic nitrogens is 2. The van der Waals surface area contributed by atoms with Gasteiger partial charge >= 0.3 is 0 Å². The normalized spacial score (nSPS) is 21.1. The Hall–Kier alpha value is -1.47. The van der Waals surface area contributed by atoms with Crippen molar-refractivity contribution in [2.75, 3.05) is 39.4 Å². The topological polar surface area (TPSA) is 71.7 Å². The largest absolute Gasteiger partial charge is 0.378 e. The number of hydrogen-bond donors (Lipinski definition) is 0. The van der Waals surface area contributed by atoms with Crippen molar-refractivity contribution in [1.82, 2.24) is 19.9 Å². The number of amides is 1. The molecule has 0 N–H and O–H groups in total. The molecule has 2 aliphatic heterocycles. The zero-order valence-electron chi connectivity index (χ0n) is 14.0. The van der Waals surface area contributed by atoms with Gasteiger partial charge in [0.05, 0.1) is 19.8 Å². The van der Waals surface area contributed by atoms with Crippen molar-refractivity contribution in [2.45, 2.75) is 39.2 Å². The fourth-order valence-corrected chi connectivity index (χ4v) is 3.14. The molecule has 1 amide bonds. The molecule has 3 rings (SSSR count). The Balaban J connectivity index is 1.47. The molecule has 2 aliphatic rings. The van der Waals surface area contributed by atoms with E-state index in [9.17, 15) is 4.79 Å². The van der Waals surface area contributed by atoms with E-state index in [1.54, 1.807) is 0 Å². The molecule has 2 fully saturated rings. The minimum Gasteiger partial charge on any atom is -0.378 e. The van der Waals surface area contributed by atoms with Crippen molar-refractivity contribution >= 4 is 5.91 Å². The van der Waals surface area contributed by atoms with Crippen LogP contribution in [0.3, 0.4) is 0 Å². The summed E-state index contributed by atoms with van der Waals surface area (Å²) in [6.45, 7) is 9.39. The van der Waals surface area contributed by atoms with E-state index >= 15 is 0 Å². The Morgan fingerprint density at radius 2 is 1.91 bits per heavy atom. The highest BCUT2D eigenvalue weighted by molar-refractivity contribution is 5.79. The lowest BCUT2D eigenvalue weighted by atomic mass is 9.95. The number of carbonyl (C=O) groups excluding carboxylic acids is 1. The van der Waals surface area contributed by atoms with Gasteiger partial charge in [0.25, 0.3) is 0 Å². The van der Waals surface area contributed by atoms with Crippen LogP contribution in [0.25, 0.3) is 0 Å². The summed E-state index contributed by atoms with van der Waals surface area (Å²) in [7, 11) is 0. The molecule has 1 aromatic heterocycles. The van der Waals surface area contributed by atoms with Crippen LogP contribution >= 0.6 is 0 Å². The molecular formula is C16H26N4O3. The second-order valence-corrected chi connectivity index (χ2v) is 6.69. The first kappa shape index (κ1) is 16.4. The average molecular weight is 322 g/mol. The van der Waals surface area contributed by atoms with E-state index in [0.717, 1.165) is 44.8 Å². The number of ether oxygens (including phenoxy) is 1. The van der Waals surface area contributed by atoms with Crippen molar-refractivity contribution in [2.24, 2.45) is 5.92 Å². The molecule has 7 heteroatoms. The lowest BCUT2D eigenvalue weighted by Gasteiger charge is -2.35. The minimum atomic E-state index is 0.151. The SMILES string of the molecule is CC(C)c1noc(CN2CCC(C(=O)N3CCOCC3)CC2)n1. The molecule has 0 saturated carbocycles. The van der Waals surface area contributed by atoms with Crippen LogP contribution in [-0.4, -0.2) is 65.2 Å². The van der Waals surface area contributed by atoms with Gasteiger partial charge in [0, 0.05) is 24.9 Å². The van der Waals surface area contributed by atoms with Gasteiger partial charge in [0.1, 0.15) is 0 Å². The first-order valence-corrected chi connectivity index (χ1v) is 8.55. The van der Waals surface area contributed by atoms with E-state index in [4.69, 9.17) is 9.26 Å². The third kappa shape index (κ3) is 4.09. The maximum absolute atomic E-state index is 12.5. The summed E-state index contributed by atoms with van der Waals surface area (Å²) in [6.07, 6.45) is 1.81. The van der Waals surface area contributed by atoms with Crippen molar-refractivity contribution in [3.63, 3.8) is 0 Å². The molecule has 1 aromatic rings. The van der Waals surface area contributed by atoms with Gasteiger partial charge in [-0.1, -0.05) is 19.0 Å². The predicted octanol–water partition coefficient (Wildman–Crippen LogP) is 1.26. The Labute approximate surface area is 137 Å². The number of piperidine rings is 1. The highest BCUT2D eigenvalue weighted by Gasteiger charge is 2.29. The third-order valence-corrected chi connectivity index (χ3v) is 4.62. The smallest absolute Gasteiger partial charge is 0.240 e. The Bertz CT molecular complexity index is 517. The highest BCUT2D eigenvalue weighted by atomic mass is 16.5. The average Bonchev–Trinajstić information content (AvgIpc) is 3.04. The van der Waals surface area contributed by atoms with E-state index < -0.39 is 0 Å². The van der Waals surface area contributed by atoms with E-state index in [1.807, 2.05) is 4.90 Å². The van der Waals surface area contributed by atoms with Gasteiger partial charge in [-0.25, -0.2) is 0 Å². The van der Waals surface area contributed by atoms with Crippen molar-refractivity contribution in [3.05, 3.63) is 11.7 Å². The molecule has 0 atom stereocenters. The van der Waals surface area contributed by atoms with Crippen LogP contribution in [0.15, 0.2) is 4.52 Å². The molecule has 0 unspecified atom stereocenters. The summed E-state index contributed by atoms with van der Waals surface area (Å²) < 4.78 is 10.6. The quantitative estimate of drug-likeness (QED) is 0.831. The zero-order valence-corrected chi connectivity index (χ0v) is 14.0. The summed E-state index contributed by atoms with van der Waals surface area (Å²) in [5.74, 6) is 2.17. The number of likely N-dealkylation sites (tertiary alicyclic amines) is 1. The molecule has 7 nitrogen and oxygen atoms in total.